The maximum Gasteiger partial charge on any atom is 0.407 e. The molecule has 1 aliphatic heterocycles. The van der Waals surface area contributed by atoms with Crippen LogP contribution in [0.2, 0.25) is 5.02 Å². The number of rotatable bonds is 4. The third kappa shape index (κ3) is 5.13. The largest absolute Gasteiger partial charge is 0.444 e. The summed E-state index contributed by atoms with van der Waals surface area (Å²) in [4.78, 5) is 18.8. The monoisotopic (exact) mass is 465 g/mol. The molecular formula is C25H28ClN5O2. The maximum absolute atomic E-state index is 12.1. The van der Waals surface area contributed by atoms with Crippen LogP contribution in [0, 0.1) is 11.3 Å². The van der Waals surface area contributed by atoms with Gasteiger partial charge in [0.15, 0.2) is 0 Å². The van der Waals surface area contributed by atoms with Crippen LogP contribution in [0.3, 0.4) is 0 Å². The molecule has 1 N–H and O–H groups in total. The quantitative estimate of drug-likeness (QED) is 0.594. The van der Waals surface area contributed by atoms with Crippen molar-refractivity contribution in [2.45, 2.75) is 45.4 Å². The number of carbonyl (C=O) groups excluding carboxylic acids is 1. The van der Waals surface area contributed by atoms with Crippen molar-refractivity contribution in [1.29, 1.82) is 5.26 Å². The summed E-state index contributed by atoms with van der Waals surface area (Å²) in [5, 5.41) is 14.3. The van der Waals surface area contributed by atoms with Crippen LogP contribution in [0.25, 0.3) is 22.2 Å². The molecule has 1 saturated heterocycles. The Balaban J connectivity index is 1.51. The first kappa shape index (κ1) is 23.1. The summed E-state index contributed by atoms with van der Waals surface area (Å²) in [5.41, 5.74) is 3.79. The number of aryl methyl sites for hydroxylation is 1. The highest BCUT2D eigenvalue weighted by atomic mass is 35.5. The van der Waals surface area contributed by atoms with E-state index in [9.17, 15) is 10.1 Å². The van der Waals surface area contributed by atoms with Gasteiger partial charge in [0.2, 0.25) is 0 Å². The Morgan fingerprint density at radius 1 is 1.33 bits per heavy atom. The number of likely N-dealkylation sites (tertiary alicyclic amines) is 1. The van der Waals surface area contributed by atoms with E-state index < -0.39 is 5.60 Å². The van der Waals surface area contributed by atoms with Crippen LogP contribution in [0.5, 0.6) is 0 Å². The van der Waals surface area contributed by atoms with E-state index in [-0.39, 0.29) is 12.1 Å². The number of nitrogens with zero attached hydrogens (tertiary/aromatic N) is 4. The first-order valence-corrected chi connectivity index (χ1v) is 11.4. The number of carbonyl (C=O) groups is 1. The molecule has 172 valence electrons. The topological polar surface area (TPSA) is 83.2 Å². The van der Waals surface area contributed by atoms with Gasteiger partial charge in [-0.25, -0.2) is 4.79 Å². The van der Waals surface area contributed by atoms with Crippen LogP contribution in [0.4, 0.5) is 4.79 Å². The van der Waals surface area contributed by atoms with Gasteiger partial charge in [-0.1, -0.05) is 11.6 Å². The molecule has 0 bridgehead atoms. The molecule has 4 rings (SSSR count). The molecule has 3 heterocycles. The number of nitrogens with one attached hydrogen (secondary N) is 1. The van der Waals surface area contributed by atoms with Gasteiger partial charge in [-0.15, -0.1) is 0 Å². The third-order valence-corrected chi connectivity index (χ3v) is 5.98. The molecule has 1 aliphatic rings. The maximum atomic E-state index is 12.1. The van der Waals surface area contributed by atoms with Gasteiger partial charge in [0.05, 0.1) is 16.8 Å². The van der Waals surface area contributed by atoms with Crippen LogP contribution < -0.4 is 5.32 Å². The second kappa shape index (κ2) is 9.05. The fourth-order valence-electron chi connectivity index (χ4n) is 4.39. The fourth-order valence-corrected chi connectivity index (χ4v) is 4.56. The van der Waals surface area contributed by atoms with E-state index in [1.807, 2.05) is 50.7 Å². The van der Waals surface area contributed by atoms with Gasteiger partial charge in [0.1, 0.15) is 11.7 Å². The lowest BCUT2D eigenvalue weighted by molar-refractivity contribution is 0.0505. The number of pyridine rings is 1. The van der Waals surface area contributed by atoms with Crippen molar-refractivity contribution in [1.82, 2.24) is 19.8 Å². The van der Waals surface area contributed by atoms with Crippen LogP contribution in [-0.4, -0.2) is 45.3 Å². The summed E-state index contributed by atoms with van der Waals surface area (Å²) < 4.78 is 7.36. The smallest absolute Gasteiger partial charge is 0.407 e. The van der Waals surface area contributed by atoms with E-state index in [0.29, 0.717) is 17.1 Å². The molecule has 1 unspecified atom stereocenters. The summed E-state index contributed by atoms with van der Waals surface area (Å²) in [6, 6.07) is 10.1. The Bertz CT molecular complexity index is 1240. The lowest BCUT2D eigenvalue weighted by Crippen LogP contribution is -2.40. The second-order valence-corrected chi connectivity index (χ2v) is 9.94. The van der Waals surface area contributed by atoms with E-state index in [2.05, 4.69) is 27.3 Å². The van der Waals surface area contributed by atoms with E-state index >= 15 is 0 Å². The molecule has 0 saturated carbocycles. The van der Waals surface area contributed by atoms with E-state index in [4.69, 9.17) is 16.3 Å². The van der Waals surface area contributed by atoms with Gasteiger partial charge in [-0.05, 0) is 57.0 Å². The zero-order chi connectivity index (χ0) is 23.8. The highest BCUT2D eigenvalue weighted by molar-refractivity contribution is 6.31. The van der Waals surface area contributed by atoms with Gasteiger partial charge >= 0.3 is 6.09 Å². The van der Waals surface area contributed by atoms with Gasteiger partial charge in [0, 0.05) is 61.1 Å². The average Bonchev–Trinajstić information content (AvgIpc) is 3.28. The molecule has 33 heavy (non-hydrogen) atoms. The second-order valence-electron chi connectivity index (χ2n) is 9.50. The summed E-state index contributed by atoms with van der Waals surface area (Å²) >= 11 is 6.19. The van der Waals surface area contributed by atoms with Crippen molar-refractivity contribution in [3.63, 3.8) is 0 Å². The Morgan fingerprint density at radius 3 is 2.85 bits per heavy atom. The summed E-state index contributed by atoms with van der Waals surface area (Å²) in [6.07, 6.45) is 4.13. The minimum Gasteiger partial charge on any atom is -0.444 e. The highest BCUT2D eigenvalue weighted by Gasteiger charge is 2.26. The van der Waals surface area contributed by atoms with Crippen LogP contribution in [0.15, 0.2) is 36.7 Å². The number of benzene rings is 1. The summed E-state index contributed by atoms with van der Waals surface area (Å²) in [6.45, 7) is 7.91. The molecule has 8 heteroatoms. The molecule has 0 aliphatic carbocycles. The number of hydrogen-bond donors (Lipinski definition) is 1. The number of hydrogen-bond acceptors (Lipinski definition) is 5. The zero-order valence-corrected chi connectivity index (χ0v) is 20.1. The zero-order valence-electron chi connectivity index (χ0n) is 19.4. The number of halogens is 1. The van der Waals surface area contributed by atoms with Crippen LogP contribution >= 0.6 is 11.6 Å². The Kier molecular flexibility index (Phi) is 6.33. The molecule has 1 amide bonds. The number of fused-ring (bicyclic) bond motifs is 1. The molecule has 0 radical (unpaired) electrons. The van der Waals surface area contributed by atoms with E-state index in [1.165, 1.54) is 0 Å². The molecule has 0 spiro atoms. The van der Waals surface area contributed by atoms with Crippen molar-refractivity contribution in [3.05, 3.63) is 52.8 Å². The van der Waals surface area contributed by atoms with Gasteiger partial charge in [-0.3, -0.25) is 9.88 Å². The lowest BCUT2D eigenvalue weighted by atomic mass is 10.1. The minimum atomic E-state index is -0.510. The van der Waals surface area contributed by atoms with Crippen molar-refractivity contribution in [3.8, 4) is 17.3 Å². The SMILES string of the molecule is Cn1c(-c2cncc(CN3CCC(NC(=O)OC(C)(C)C)C3)c2)c(C#N)c2ccc(Cl)cc21. The molecule has 3 aromatic rings. The molecule has 7 nitrogen and oxygen atoms in total. The van der Waals surface area contributed by atoms with Crippen molar-refractivity contribution in [2.24, 2.45) is 7.05 Å². The van der Waals surface area contributed by atoms with Crippen molar-refractivity contribution < 1.29 is 9.53 Å². The summed E-state index contributed by atoms with van der Waals surface area (Å²) in [7, 11) is 1.94. The number of alkyl carbamates (subject to hydrolysis) is 1. The number of ether oxygens (including phenoxy) is 1. The van der Waals surface area contributed by atoms with Crippen molar-refractivity contribution in [2.75, 3.05) is 13.1 Å². The number of aromatic nitrogens is 2. The normalized spacial score (nSPS) is 16.7. The lowest BCUT2D eigenvalue weighted by Gasteiger charge is -2.22. The third-order valence-electron chi connectivity index (χ3n) is 5.74. The number of amides is 1. The van der Waals surface area contributed by atoms with E-state index in [1.54, 1.807) is 12.3 Å². The molecule has 1 aromatic carbocycles. The van der Waals surface area contributed by atoms with Gasteiger partial charge in [-0.2, -0.15) is 5.26 Å². The standard InChI is InChI=1S/C25H28ClN5O2/c1-25(2,3)33-24(32)29-19-7-8-31(15-19)14-16-9-17(13-28-12-16)23-21(11-27)20-6-5-18(26)10-22(20)30(23)4/h5-6,9-10,12-13,19H,7-8,14-15H2,1-4H3,(H,29,32). The Hall–Kier alpha value is -3.08. The highest BCUT2D eigenvalue weighted by Crippen LogP contribution is 2.34. The van der Waals surface area contributed by atoms with Crippen LogP contribution in [0.1, 0.15) is 38.3 Å². The van der Waals surface area contributed by atoms with Gasteiger partial charge in [0.25, 0.3) is 0 Å². The molecule has 1 atom stereocenters. The fraction of sp³-hybridized carbons (Fsp3) is 0.400. The predicted octanol–water partition coefficient (Wildman–Crippen LogP) is 4.86. The van der Waals surface area contributed by atoms with Crippen LogP contribution in [-0.2, 0) is 18.3 Å². The number of nitriles is 1. The minimum absolute atomic E-state index is 0.0594. The first-order chi connectivity index (χ1) is 15.6. The van der Waals surface area contributed by atoms with Crippen molar-refractivity contribution >= 4 is 28.6 Å². The average molecular weight is 466 g/mol. The molecular weight excluding hydrogens is 438 g/mol. The molecule has 2 aromatic heterocycles. The predicted molar refractivity (Wildman–Crippen MR) is 129 cm³/mol. The van der Waals surface area contributed by atoms with Gasteiger partial charge < -0.3 is 14.6 Å². The Morgan fingerprint density at radius 2 is 2.12 bits per heavy atom. The first-order valence-electron chi connectivity index (χ1n) is 11.0. The van der Waals surface area contributed by atoms with E-state index in [0.717, 1.165) is 47.2 Å². The summed E-state index contributed by atoms with van der Waals surface area (Å²) in [5.74, 6) is 0. The Labute approximate surface area is 198 Å². The molecule has 1 fully saturated rings.